The summed E-state index contributed by atoms with van der Waals surface area (Å²) < 4.78 is 11.6. The van der Waals surface area contributed by atoms with Gasteiger partial charge in [0.05, 0.1) is 13.2 Å². The molecule has 0 radical (unpaired) electrons. The van der Waals surface area contributed by atoms with E-state index in [0.29, 0.717) is 0 Å². The second kappa shape index (κ2) is 16.3. The standard InChI is InChI=1S/C27H42N2O2/c1-3-5-7-9-11-23-31-27-18-14-25(15-19-27)29-21-20-28-24-12-16-26(17-13-24)30-22-10-8-6-4-2/h12-19,28-29H,3-11,20-23H2,1-2H3. The molecule has 2 N–H and O–H groups in total. The Morgan fingerprint density at radius 3 is 1.32 bits per heavy atom. The van der Waals surface area contributed by atoms with Gasteiger partial charge in [-0.2, -0.15) is 0 Å². The van der Waals surface area contributed by atoms with Crippen molar-refractivity contribution in [2.24, 2.45) is 0 Å². The van der Waals surface area contributed by atoms with E-state index in [9.17, 15) is 0 Å². The lowest BCUT2D eigenvalue weighted by Gasteiger charge is -2.11. The van der Waals surface area contributed by atoms with Gasteiger partial charge in [0, 0.05) is 24.5 Å². The van der Waals surface area contributed by atoms with Gasteiger partial charge in [0.1, 0.15) is 11.5 Å². The first-order valence-corrected chi connectivity index (χ1v) is 12.2. The highest BCUT2D eigenvalue weighted by Crippen LogP contribution is 2.17. The van der Waals surface area contributed by atoms with Crippen molar-refractivity contribution in [2.45, 2.75) is 71.6 Å². The van der Waals surface area contributed by atoms with Crippen molar-refractivity contribution in [1.82, 2.24) is 0 Å². The van der Waals surface area contributed by atoms with Gasteiger partial charge in [-0.05, 0) is 61.4 Å². The molecular formula is C27H42N2O2. The highest BCUT2D eigenvalue weighted by molar-refractivity contribution is 5.48. The predicted molar refractivity (Wildman–Crippen MR) is 134 cm³/mol. The van der Waals surface area contributed by atoms with Crippen molar-refractivity contribution in [3.05, 3.63) is 48.5 Å². The lowest BCUT2D eigenvalue weighted by atomic mass is 10.2. The molecule has 0 aliphatic carbocycles. The van der Waals surface area contributed by atoms with Gasteiger partial charge in [-0.1, -0.05) is 58.8 Å². The van der Waals surface area contributed by atoms with Crippen LogP contribution in [0, 0.1) is 0 Å². The molecule has 0 spiro atoms. The third-order valence-electron chi connectivity index (χ3n) is 5.28. The highest BCUT2D eigenvalue weighted by Gasteiger charge is 1.98. The molecule has 0 heterocycles. The van der Waals surface area contributed by atoms with E-state index in [1.54, 1.807) is 0 Å². The van der Waals surface area contributed by atoms with Crippen LogP contribution in [0.25, 0.3) is 0 Å². The van der Waals surface area contributed by atoms with Crippen LogP contribution in [0.2, 0.25) is 0 Å². The number of unbranched alkanes of at least 4 members (excludes halogenated alkanes) is 7. The summed E-state index contributed by atoms with van der Waals surface area (Å²) in [6.07, 6.45) is 11.2. The molecule has 0 bridgehead atoms. The molecule has 0 amide bonds. The number of rotatable bonds is 18. The van der Waals surface area contributed by atoms with Crippen LogP contribution < -0.4 is 20.1 Å². The molecule has 0 aromatic heterocycles. The van der Waals surface area contributed by atoms with Crippen LogP contribution in [0.5, 0.6) is 11.5 Å². The maximum atomic E-state index is 5.83. The number of benzene rings is 2. The van der Waals surface area contributed by atoms with E-state index in [2.05, 4.69) is 48.7 Å². The third kappa shape index (κ3) is 11.6. The summed E-state index contributed by atoms with van der Waals surface area (Å²) in [7, 11) is 0. The Labute approximate surface area is 189 Å². The van der Waals surface area contributed by atoms with Crippen LogP contribution >= 0.6 is 0 Å². The Morgan fingerprint density at radius 1 is 0.516 bits per heavy atom. The van der Waals surface area contributed by atoms with E-state index >= 15 is 0 Å². The lowest BCUT2D eigenvalue weighted by Crippen LogP contribution is -2.13. The van der Waals surface area contributed by atoms with Crippen molar-refractivity contribution < 1.29 is 9.47 Å². The fourth-order valence-corrected chi connectivity index (χ4v) is 3.37. The minimum absolute atomic E-state index is 0.805. The zero-order valence-corrected chi connectivity index (χ0v) is 19.6. The van der Waals surface area contributed by atoms with Crippen molar-refractivity contribution in [2.75, 3.05) is 36.9 Å². The molecule has 172 valence electrons. The van der Waals surface area contributed by atoms with Crippen LogP contribution in [0.15, 0.2) is 48.5 Å². The van der Waals surface area contributed by atoms with E-state index in [1.807, 2.05) is 24.3 Å². The zero-order chi connectivity index (χ0) is 22.0. The minimum Gasteiger partial charge on any atom is -0.494 e. The maximum Gasteiger partial charge on any atom is 0.119 e. The van der Waals surface area contributed by atoms with Crippen molar-refractivity contribution in [1.29, 1.82) is 0 Å². The Bertz CT molecular complexity index is 671. The van der Waals surface area contributed by atoms with E-state index in [1.165, 1.54) is 44.9 Å². The predicted octanol–water partition coefficient (Wildman–Crippen LogP) is 7.52. The average molecular weight is 427 g/mol. The Balaban J connectivity index is 1.55. The topological polar surface area (TPSA) is 42.5 Å². The van der Waals surface area contributed by atoms with Gasteiger partial charge in [-0.25, -0.2) is 0 Å². The summed E-state index contributed by atoms with van der Waals surface area (Å²) >= 11 is 0. The fourth-order valence-electron chi connectivity index (χ4n) is 3.37. The number of ether oxygens (including phenoxy) is 2. The number of nitrogens with one attached hydrogen (secondary N) is 2. The summed E-state index contributed by atoms with van der Waals surface area (Å²) in [5.74, 6) is 1.90. The van der Waals surface area contributed by atoms with Gasteiger partial charge in [0.15, 0.2) is 0 Å². The molecule has 4 heteroatoms. The largest absolute Gasteiger partial charge is 0.494 e. The molecule has 0 unspecified atom stereocenters. The molecule has 0 aliphatic rings. The first kappa shape index (κ1) is 24.9. The molecule has 4 nitrogen and oxygen atoms in total. The van der Waals surface area contributed by atoms with Crippen LogP contribution in [-0.2, 0) is 0 Å². The lowest BCUT2D eigenvalue weighted by molar-refractivity contribution is 0.304. The molecule has 2 aromatic rings. The second-order valence-electron chi connectivity index (χ2n) is 8.07. The van der Waals surface area contributed by atoms with E-state index < -0.39 is 0 Å². The van der Waals surface area contributed by atoms with Crippen molar-refractivity contribution in [3.8, 4) is 11.5 Å². The first-order chi connectivity index (χ1) is 15.3. The normalized spacial score (nSPS) is 10.6. The third-order valence-corrected chi connectivity index (χ3v) is 5.28. The molecule has 0 saturated heterocycles. The summed E-state index contributed by atoms with van der Waals surface area (Å²) in [6, 6.07) is 16.5. The van der Waals surface area contributed by atoms with Gasteiger partial charge >= 0.3 is 0 Å². The first-order valence-electron chi connectivity index (χ1n) is 12.2. The van der Waals surface area contributed by atoms with Crippen LogP contribution in [-0.4, -0.2) is 26.3 Å². The van der Waals surface area contributed by atoms with E-state index in [0.717, 1.165) is 62.0 Å². The maximum absolute atomic E-state index is 5.83. The second-order valence-corrected chi connectivity index (χ2v) is 8.07. The smallest absolute Gasteiger partial charge is 0.119 e. The summed E-state index contributed by atoms with van der Waals surface area (Å²) in [6.45, 7) is 7.79. The van der Waals surface area contributed by atoms with Gasteiger partial charge in [-0.15, -0.1) is 0 Å². The van der Waals surface area contributed by atoms with Gasteiger partial charge < -0.3 is 20.1 Å². The monoisotopic (exact) mass is 426 g/mol. The molecule has 0 aliphatic heterocycles. The number of anilines is 2. The minimum atomic E-state index is 0.805. The summed E-state index contributed by atoms with van der Waals surface area (Å²) in [4.78, 5) is 0. The molecule has 2 aromatic carbocycles. The Kier molecular flexibility index (Phi) is 13.1. The van der Waals surface area contributed by atoms with Gasteiger partial charge in [0.2, 0.25) is 0 Å². The van der Waals surface area contributed by atoms with Crippen LogP contribution in [0.1, 0.15) is 71.6 Å². The Hall–Kier alpha value is -2.36. The molecule has 31 heavy (non-hydrogen) atoms. The van der Waals surface area contributed by atoms with Crippen molar-refractivity contribution >= 4 is 11.4 Å². The molecule has 2 rings (SSSR count). The molecular weight excluding hydrogens is 384 g/mol. The number of hydrogen-bond donors (Lipinski definition) is 2. The Morgan fingerprint density at radius 2 is 0.903 bits per heavy atom. The highest BCUT2D eigenvalue weighted by atomic mass is 16.5. The van der Waals surface area contributed by atoms with E-state index in [-0.39, 0.29) is 0 Å². The van der Waals surface area contributed by atoms with Crippen molar-refractivity contribution in [3.63, 3.8) is 0 Å². The van der Waals surface area contributed by atoms with Crippen LogP contribution in [0.3, 0.4) is 0 Å². The molecule has 0 atom stereocenters. The summed E-state index contributed by atoms with van der Waals surface area (Å²) in [5, 5.41) is 6.89. The van der Waals surface area contributed by atoms with Gasteiger partial charge in [0.25, 0.3) is 0 Å². The molecule has 0 saturated carbocycles. The quantitative estimate of drug-likeness (QED) is 0.242. The zero-order valence-electron chi connectivity index (χ0n) is 19.6. The number of hydrogen-bond acceptors (Lipinski definition) is 4. The van der Waals surface area contributed by atoms with Gasteiger partial charge in [-0.3, -0.25) is 0 Å². The van der Waals surface area contributed by atoms with Crippen LogP contribution in [0.4, 0.5) is 11.4 Å². The fraction of sp³-hybridized carbons (Fsp3) is 0.556. The summed E-state index contributed by atoms with van der Waals surface area (Å²) in [5.41, 5.74) is 2.23. The SMILES string of the molecule is CCCCCCCOc1ccc(NCCNc2ccc(OCCCCCC)cc2)cc1. The average Bonchev–Trinajstić information content (AvgIpc) is 2.81. The van der Waals surface area contributed by atoms with E-state index in [4.69, 9.17) is 9.47 Å². The molecule has 0 fully saturated rings.